The number of unbranched alkanes of at least 4 members (excludes halogenated alkanes) is 3. The topological polar surface area (TPSA) is 54.9 Å². The molecule has 0 saturated carbocycles. The number of hydrogen-bond donors (Lipinski definition) is 1. The van der Waals surface area contributed by atoms with Gasteiger partial charge in [0.05, 0.1) is 5.56 Å². The molecule has 0 saturated heterocycles. The van der Waals surface area contributed by atoms with Crippen molar-refractivity contribution in [1.82, 2.24) is 15.5 Å². The van der Waals surface area contributed by atoms with Gasteiger partial charge in [-0.3, -0.25) is 4.79 Å². The van der Waals surface area contributed by atoms with E-state index < -0.39 is 0 Å². The van der Waals surface area contributed by atoms with E-state index in [4.69, 9.17) is 23.2 Å². The van der Waals surface area contributed by atoms with Crippen LogP contribution in [0.2, 0.25) is 10.3 Å². The van der Waals surface area contributed by atoms with Crippen LogP contribution in [0.1, 0.15) is 43.0 Å². The number of nitrogens with one attached hydrogen (secondary N) is 1. The maximum absolute atomic E-state index is 11.7. The van der Waals surface area contributed by atoms with Gasteiger partial charge in [-0.2, -0.15) is 0 Å². The van der Waals surface area contributed by atoms with Crippen molar-refractivity contribution in [1.29, 1.82) is 0 Å². The highest BCUT2D eigenvalue weighted by molar-refractivity contribution is 6.34. The molecule has 1 heterocycles. The van der Waals surface area contributed by atoms with E-state index in [2.05, 4.69) is 22.4 Å². The molecule has 1 rings (SSSR count). The first-order valence-electron chi connectivity index (χ1n) is 5.62. The molecule has 0 unspecified atom stereocenters. The summed E-state index contributed by atoms with van der Waals surface area (Å²) < 4.78 is 0. The molecule has 1 amide bonds. The fraction of sp³-hybridized carbons (Fsp3) is 0.545. The Balaban J connectivity index is 2.44. The van der Waals surface area contributed by atoms with Crippen LogP contribution in [-0.2, 0) is 0 Å². The SMILES string of the molecule is CCCCCCNC(=O)c1cc(Cl)nnc1Cl. The molecule has 94 valence electrons. The van der Waals surface area contributed by atoms with Gasteiger partial charge in [-0.25, -0.2) is 0 Å². The van der Waals surface area contributed by atoms with Crippen molar-refractivity contribution < 1.29 is 4.79 Å². The van der Waals surface area contributed by atoms with Gasteiger partial charge in [-0.15, -0.1) is 10.2 Å². The predicted molar refractivity (Wildman–Crippen MR) is 68.5 cm³/mol. The molecule has 0 radical (unpaired) electrons. The summed E-state index contributed by atoms with van der Waals surface area (Å²) in [6.07, 6.45) is 4.42. The van der Waals surface area contributed by atoms with Crippen LogP contribution in [0.3, 0.4) is 0 Å². The number of carbonyl (C=O) groups is 1. The Morgan fingerprint density at radius 1 is 1.29 bits per heavy atom. The van der Waals surface area contributed by atoms with Crippen molar-refractivity contribution in [3.05, 3.63) is 21.9 Å². The minimum absolute atomic E-state index is 0.0699. The first kappa shape index (κ1) is 14.2. The van der Waals surface area contributed by atoms with Crippen LogP contribution < -0.4 is 5.32 Å². The summed E-state index contributed by atoms with van der Waals surface area (Å²) in [5, 5.41) is 10.1. The van der Waals surface area contributed by atoms with E-state index in [1.165, 1.54) is 18.9 Å². The maximum atomic E-state index is 11.7. The third-order valence-electron chi connectivity index (χ3n) is 2.28. The molecule has 17 heavy (non-hydrogen) atoms. The highest BCUT2D eigenvalue weighted by atomic mass is 35.5. The zero-order valence-electron chi connectivity index (χ0n) is 9.67. The van der Waals surface area contributed by atoms with Gasteiger partial charge in [0.25, 0.3) is 5.91 Å². The van der Waals surface area contributed by atoms with E-state index >= 15 is 0 Å². The van der Waals surface area contributed by atoms with E-state index in [0.717, 1.165) is 12.8 Å². The van der Waals surface area contributed by atoms with E-state index in [9.17, 15) is 4.79 Å². The summed E-state index contributed by atoms with van der Waals surface area (Å²) in [5.74, 6) is -0.261. The Morgan fingerprint density at radius 2 is 2.06 bits per heavy atom. The molecule has 0 aliphatic heterocycles. The van der Waals surface area contributed by atoms with Crippen LogP contribution in [-0.4, -0.2) is 22.6 Å². The van der Waals surface area contributed by atoms with Crippen molar-refractivity contribution in [3.63, 3.8) is 0 Å². The Morgan fingerprint density at radius 3 is 2.76 bits per heavy atom. The summed E-state index contributed by atoms with van der Waals surface area (Å²) in [5.41, 5.74) is 0.266. The van der Waals surface area contributed by atoms with Gasteiger partial charge in [-0.1, -0.05) is 49.4 Å². The van der Waals surface area contributed by atoms with Gasteiger partial charge < -0.3 is 5.32 Å². The van der Waals surface area contributed by atoms with Gasteiger partial charge in [0.15, 0.2) is 10.3 Å². The van der Waals surface area contributed by atoms with Crippen molar-refractivity contribution in [2.75, 3.05) is 6.54 Å². The van der Waals surface area contributed by atoms with Crippen LogP contribution >= 0.6 is 23.2 Å². The number of carbonyl (C=O) groups excluding carboxylic acids is 1. The summed E-state index contributed by atoms with van der Waals surface area (Å²) in [6.45, 7) is 2.78. The van der Waals surface area contributed by atoms with Gasteiger partial charge in [0.1, 0.15) is 0 Å². The lowest BCUT2D eigenvalue weighted by atomic mass is 10.2. The lowest BCUT2D eigenvalue weighted by molar-refractivity contribution is 0.0952. The van der Waals surface area contributed by atoms with Crippen LogP contribution in [0.25, 0.3) is 0 Å². The monoisotopic (exact) mass is 275 g/mol. The zero-order chi connectivity index (χ0) is 12.7. The van der Waals surface area contributed by atoms with E-state index in [1.54, 1.807) is 0 Å². The smallest absolute Gasteiger partial charge is 0.254 e. The molecule has 6 heteroatoms. The number of aromatic nitrogens is 2. The molecule has 4 nitrogen and oxygen atoms in total. The Labute approximate surface area is 111 Å². The minimum atomic E-state index is -0.261. The molecule has 0 atom stereocenters. The van der Waals surface area contributed by atoms with E-state index in [-0.39, 0.29) is 21.8 Å². The zero-order valence-corrected chi connectivity index (χ0v) is 11.2. The van der Waals surface area contributed by atoms with Crippen LogP contribution in [0, 0.1) is 0 Å². The number of amides is 1. The number of nitrogens with zero attached hydrogens (tertiary/aromatic N) is 2. The average molecular weight is 276 g/mol. The molecule has 0 aliphatic carbocycles. The second-order valence-electron chi connectivity index (χ2n) is 3.69. The number of halogens is 2. The molecule has 0 fully saturated rings. The highest BCUT2D eigenvalue weighted by Gasteiger charge is 2.12. The molecule has 0 aromatic carbocycles. The van der Waals surface area contributed by atoms with Crippen LogP contribution in [0.5, 0.6) is 0 Å². The largest absolute Gasteiger partial charge is 0.352 e. The lowest BCUT2D eigenvalue weighted by Gasteiger charge is -2.05. The number of hydrogen-bond acceptors (Lipinski definition) is 3. The van der Waals surface area contributed by atoms with Crippen molar-refractivity contribution in [2.24, 2.45) is 0 Å². The summed E-state index contributed by atoms with van der Waals surface area (Å²) in [7, 11) is 0. The fourth-order valence-electron chi connectivity index (χ4n) is 1.36. The molecule has 1 N–H and O–H groups in total. The Kier molecular flexibility index (Phi) is 6.22. The van der Waals surface area contributed by atoms with Crippen LogP contribution in [0.4, 0.5) is 0 Å². The highest BCUT2D eigenvalue weighted by Crippen LogP contribution is 2.15. The van der Waals surface area contributed by atoms with Gasteiger partial charge >= 0.3 is 0 Å². The van der Waals surface area contributed by atoms with E-state index in [1.807, 2.05) is 0 Å². The molecular weight excluding hydrogens is 261 g/mol. The second-order valence-corrected chi connectivity index (χ2v) is 4.43. The molecule has 1 aromatic heterocycles. The third-order valence-corrected chi connectivity index (χ3v) is 2.74. The predicted octanol–water partition coefficient (Wildman–Crippen LogP) is 3.09. The molecule has 0 spiro atoms. The average Bonchev–Trinajstić information content (AvgIpc) is 2.32. The standard InChI is InChI=1S/C11H15Cl2N3O/c1-2-3-4-5-6-14-11(17)8-7-9(12)15-16-10(8)13/h7H,2-6H2,1H3,(H,14,17). The quantitative estimate of drug-likeness (QED) is 0.812. The van der Waals surface area contributed by atoms with Crippen molar-refractivity contribution >= 4 is 29.1 Å². The number of rotatable bonds is 6. The van der Waals surface area contributed by atoms with E-state index in [0.29, 0.717) is 6.54 Å². The third kappa shape index (κ3) is 4.88. The normalized spacial score (nSPS) is 10.3. The lowest BCUT2D eigenvalue weighted by Crippen LogP contribution is -2.25. The first-order chi connectivity index (χ1) is 8.15. The summed E-state index contributed by atoms with van der Waals surface area (Å²) in [4.78, 5) is 11.7. The summed E-state index contributed by atoms with van der Waals surface area (Å²) in [6, 6.07) is 1.41. The molecular formula is C11H15Cl2N3O. The molecule has 1 aromatic rings. The second kappa shape index (κ2) is 7.45. The Hall–Kier alpha value is -0.870. The van der Waals surface area contributed by atoms with Gasteiger partial charge in [0.2, 0.25) is 0 Å². The molecule has 0 bridgehead atoms. The van der Waals surface area contributed by atoms with Crippen LogP contribution in [0.15, 0.2) is 6.07 Å². The van der Waals surface area contributed by atoms with Gasteiger partial charge in [-0.05, 0) is 12.5 Å². The molecule has 0 aliphatic rings. The van der Waals surface area contributed by atoms with Gasteiger partial charge in [0, 0.05) is 6.54 Å². The minimum Gasteiger partial charge on any atom is -0.352 e. The first-order valence-corrected chi connectivity index (χ1v) is 6.37. The fourth-order valence-corrected chi connectivity index (χ4v) is 1.69. The Bertz CT molecular complexity index is 385. The van der Waals surface area contributed by atoms with Crippen molar-refractivity contribution in [3.8, 4) is 0 Å². The summed E-state index contributed by atoms with van der Waals surface area (Å²) >= 11 is 11.4. The van der Waals surface area contributed by atoms with Crippen molar-refractivity contribution in [2.45, 2.75) is 32.6 Å². The maximum Gasteiger partial charge on any atom is 0.254 e.